The van der Waals surface area contributed by atoms with Crippen molar-refractivity contribution in [1.29, 1.82) is 0 Å². The predicted molar refractivity (Wildman–Crippen MR) is 129 cm³/mol. The van der Waals surface area contributed by atoms with E-state index in [0.29, 0.717) is 0 Å². The summed E-state index contributed by atoms with van der Waals surface area (Å²) in [6.45, 7) is 11.2. The number of hydrogen-bond acceptors (Lipinski definition) is 0. The summed E-state index contributed by atoms with van der Waals surface area (Å²) in [5, 5.41) is 0. The zero-order valence-corrected chi connectivity index (χ0v) is 21.1. The van der Waals surface area contributed by atoms with Crippen LogP contribution in [0, 0.1) is 24.8 Å². The first-order chi connectivity index (χ1) is 14.3. The number of hydrogen-bond donors (Lipinski definition) is 0. The second kappa shape index (κ2) is 10.2. The van der Waals surface area contributed by atoms with Crippen LogP contribution in [-0.4, -0.2) is 13.7 Å². The maximum atomic E-state index is 7.20. The van der Waals surface area contributed by atoms with E-state index in [-0.39, 0.29) is 0 Å². The first-order valence-corrected chi connectivity index (χ1v) is 16.5. The van der Waals surface area contributed by atoms with E-state index in [1.165, 1.54) is 22.4 Å². The van der Waals surface area contributed by atoms with Crippen molar-refractivity contribution in [3.63, 3.8) is 0 Å². The molecule has 1 aromatic heterocycles. The maximum absolute atomic E-state index is 7.20. The average Bonchev–Trinajstić information content (AvgIpc) is 3.09. The van der Waals surface area contributed by atoms with Crippen molar-refractivity contribution in [1.82, 2.24) is 9.13 Å². The molecule has 0 N–H and O–H groups in total. The number of unbranched alkanes of at least 4 members (excludes halogenated alkanes) is 2. The monoisotopic (exact) mass is 530 g/mol. The van der Waals surface area contributed by atoms with Crippen molar-refractivity contribution < 1.29 is 11.9 Å². The van der Waals surface area contributed by atoms with Gasteiger partial charge in [-0.1, -0.05) is 0 Å². The van der Waals surface area contributed by atoms with E-state index in [0.717, 1.165) is 35.4 Å². The third-order valence-corrected chi connectivity index (χ3v) is 10.5. The minimum atomic E-state index is -3.34. The number of halogens is 2. The first-order valence-electron chi connectivity index (χ1n) is 10.2. The quantitative estimate of drug-likeness (QED) is 0.171. The molecule has 0 atom stereocenters. The van der Waals surface area contributed by atoms with Crippen molar-refractivity contribution in [2.45, 2.75) is 46.6 Å². The van der Waals surface area contributed by atoms with Crippen molar-refractivity contribution >= 4 is 24.0 Å². The van der Waals surface area contributed by atoms with Crippen LogP contribution in [0.2, 0.25) is 0 Å². The summed E-state index contributed by atoms with van der Waals surface area (Å²) in [6, 6.07) is 14.6. The zero-order chi connectivity index (χ0) is 21.7. The number of nitrogens with zero attached hydrogens (tertiary/aromatic N) is 2. The Morgan fingerprint density at radius 3 is 2.27 bits per heavy atom. The van der Waals surface area contributed by atoms with E-state index in [2.05, 4.69) is 77.8 Å². The molecule has 2 nitrogen and oxygen atoms in total. The van der Waals surface area contributed by atoms with Gasteiger partial charge in [0.25, 0.3) is 0 Å². The van der Waals surface area contributed by atoms with Gasteiger partial charge in [0.15, 0.2) is 0 Å². The molecule has 0 radical (unpaired) electrons. The Hall–Kier alpha value is -1.54. The Morgan fingerprint density at radius 2 is 1.63 bits per heavy atom. The second-order valence-corrected chi connectivity index (χ2v) is 16.8. The molecule has 0 aliphatic heterocycles. The Morgan fingerprint density at radius 1 is 0.967 bits per heavy atom. The van der Waals surface area contributed by atoms with Crippen LogP contribution in [0.5, 0.6) is 0 Å². The fraction of sp³-hybridized carbons (Fsp3) is 0.280. The molecule has 0 amide bonds. The zero-order valence-electron chi connectivity index (χ0n) is 17.9. The van der Waals surface area contributed by atoms with Crippen LogP contribution in [0.15, 0.2) is 67.5 Å². The average molecular weight is 531 g/mol. The topological polar surface area (TPSA) is 9.86 Å². The number of benzene rings is 2. The van der Waals surface area contributed by atoms with E-state index in [9.17, 15) is 0 Å². The molecule has 2 aromatic carbocycles. The SMILES string of the molecule is C=CCCCCn1ccn(-c2c(C)cc(C)cc2C)[c]1=[Ru]([Cl])([Cl])=[CH]c1ccccc1. The number of imidazole rings is 1. The molecule has 0 bridgehead atoms. The Kier molecular flexibility index (Phi) is 7.85. The van der Waals surface area contributed by atoms with Gasteiger partial charge in [-0.3, -0.25) is 0 Å². The number of rotatable bonds is 7. The van der Waals surface area contributed by atoms with Crippen LogP contribution in [0.3, 0.4) is 0 Å². The van der Waals surface area contributed by atoms with E-state index < -0.39 is 11.9 Å². The molecule has 0 saturated carbocycles. The van der Waals surface area contributed by atoms with E-state index in [1.807, 2.05) is 24.3 Å². The van der Waals surface area contributed by atoms with Crippen molar-refractivity contribution in [3.8, 4) is 5.69 Å². The molecule has 3 rings (SSSR count). The molecular weight excluding hydrogens is 500 g/mol. The Balaban J connectivity index is 2.30. The third kappa shape index (κ3) is 5.38. The molecule has 162 valence electrons. The Labute approximate surface area is 190 Å². The van der Waals surface area contributed by atoms with E-state index >= 15 is 0 Å². The van der Waals surface area contributed by atoms with Crippen LogP contribution in [0.25, 0.3) is 5.69 Å². The summed E-state index contributed by atoms with van der Waals surface area (Å²) in [7, 11) is 14.4. The van der Waals surface area contributed by atoms with Gasteiger partial charge in [-0.25, -0.2) is 0 Å². The number of allylic oxidation sites excluding steroid dienone is 1. The van der Waals surface area contributed by atoms with Gasteiger partial charge >= 0.3 is 191 Å². The molecular formula is C25H30Cl2N2Ru. The van der Waals surface area contributed by atoms with Crippen LogP contribution >= 0.6 is 19.4 Å². The molecule has 0 aliphatic rings. The van der Waals surface area contributed by atoms with Gasteiger partial charge in [0.2, 0.25) is 0 Å². The second-order valence-electron chi connectivity index (χ2n) is 7.60. The van der Waals surface area contributed by atoms with Crippen molar-refractivity contribution in [2.75, 3.05) is 0 Å². The summed E-state index contributed by atoms with van der Waals surface area (Å²) in [5.41, 5.74) is 5.96. The van der Waals surface area contributed by atoms with Gasteiger partial charge in [-0.2, -0.15) is 0 Å². The number of aryl methyl sites for hydroxylation is 4. The molecule has 0 fully saturated rings. The summed E-state index contributed by atoms with van der Waals surface area (Å²) in [4.78, 5) is 0. The van der Waals surface area contributed by atoms with Gasteiger partial charge in [0.1, 0.15) is 0 Å². The Bertz CT molecular complexity index is 1160. The number of aromatic nitrogens is 2. The minimum absolute atomic E-state index is 0.894. The van der Waals surface area contributed by atoms with Gasteiger partial charge < -0.3 is 0 Å². The van der Waals surface area contributed by atoms with Crippen molar-refractivity contribution in [3.05, 3.63) is 93.8 Å². The van der Waals surface area contributed by atoms with Crippen molar-refractivity contribution in [2.24, 2.45) is 0 Å². The summed E-state index contributed by atoms with van der Waals surface area (Å²) >= 11 is -3.34. The molecule has 30 heavy (non-hydrogen) atoms. The molecule has 5 heteroatoms. The van der Waals surface area contributed by atoms with Crippen LogP contribution in [-0.2, 0) is 18.4 Å². The fourth-order valence-corrected chi connectivity index (χ4v) is 9.70. The predicted octanol–water partition coefficient (Wildman–Crippen LogP) is 7.40. The van der Waals surface area contributed by atoms with Gasteiger partial charge in [-0.05, 0) is 0 Å². The molecule has 0 spiro atoms. The fourth-order valence-electron chi connectivity index (χ4n) is 3.82. The molecule has 0 aliphatic carbocycles. The standard InChI is InChI=1S/C18H24N2.C7H6.2ClH.Ru/c1-5-6-7-8-9-19-10-11-20(14-19)18-16(3)12-15(2)13-17(18)4;1-7-5-3-2-4-6-7;;;/h5,10-13H,1,6-9H2,2-4H3;1-6H;2*1H;/q;;;;+2/p-2. The van der Waals surface area contributed by atoms with Gasteiger partial charge in [0, 0.05) is 0 Å². The molecule has 1 heterocycles. The van der Waals surface area contributed by atoms with E-state index in [1.54, 1.807) is 0 Å². The normalized spacial score (nSPS) is 12.0. The van der Waals surface area contributed by atoms with E-state index in [4.69, 9.17) is 19.4 Å². The molecule has 0 saturated heterocycles. The van der Waals surface area contributed by atoms with Crippen LogP contribution in [0.4, 0.5) is 0 Å². The molecule has 0 unspecified atom stereocenters. The summed E-state index contributed by atoms with van der Waals surface area (Å²) in [5.74, 6) is 0. The summed E-state index contributed by atoms with van der Waals surface area (Å²) < 4.78 is 7.59. The summed E-state index contributed by atoms with van der Waals surface area (Å²) in [6.07, 6.45) is 9.41. The van der Waals surface area contributed by atoms with Crippen LogP contribution < -0.4 is 0 Å². The third-order valence-electron chi connectivity index (χ3n) is 5.01. The van der Waals surface area contributed by atoms with Gasteiger partial charge in [-0.15, -0.1) is 0 Å². The molecule has 3 aromatic rings. The van der Waals surface area contributed by atoms with Crippen LogP contribution in [0.1, 0.15) is 41.5 Å². The first kappa shape index (κ1) is 23.1. The van der Waals surface area contributed by atoms with Gasteiger partial charge in [0.05, 0.1) is 0 Å².